The first-order chi connectivity index (χ1) is 9.97. The molecule has 1 N–H and O–H groups in total. The number of alkyl halides is 3. The van der Waals surface area contributed by atoms with E-state index in [4.69, 9.17) is 0 Å². The summed E-state index contributed by atoms with van der Waals surface area (Å²) in [7, 11) is 0. The molecule has 1 unspecified atom stereocenters. The van der Waals surface area contributed by atoms with E-state index in [-0.39, 0.29) is 4.88 Å². The molecule has 2 aromatic carbocycles. The molecule has 0 aliphatic rings. The van der Waals surface area contributed by atoms with E-state index in [1.54, 1.807) is 12.1 Å². The third-order valence-electron chi connectivity index (χ3n) is 3.15. The van der Waals surface area contributed by atoms with E-state index in [9.17, 15) is 18.3 Å². The van der Waals surface area contributed by atoms with E-state index in [2.05, 4.69) is 4.98 Å². The molecule has 108 valence electrons. The van der Waals surface area contributed by atoms with Crippen LogP contribution in [0.3, 0.4) is 0 Å². The van der Waals surface area contributed by atoms with Crippen LogP contribution in [0.25, 0.3) is 10.8 Å². The van der Waals surface area contributed by atoms with Gasteiger partial charge in [-0.1, -0.05) is 42.5 Å². The van der Waals surface area contributed by atoms with Crippen LogP contribution < -0.4 is 0 Å². The SMILES string of the molecule is OC(c1cnc(C(F)(F)F)s1)c1cccc2ccccc12. The lowest BCUT2D eigenvalue weighted by molar-refractivity contribution is -0.137. The monoisotopic (exact) mass is 309 g/mol. The molecule has 0 saturated carbocycles. The number of thiazole rings is 1. The van der Waals surface area contributed by atoms with Gasteiger partial charge < -0.3 is 5.11 Å². The molecule has 0 aliphatic carbocycles. The molecule has 0 radical (unpaired) electrons. The van der Waals surface area contributed by atoms with Gasteiger partial charge in [-0.2, -0.15) is 13.2 Å². The molecule has 1 atom stereocenters. The van der Waals surface area contributed by atoms with Gasteiger partial charge in [0.2, 0.25) is 0 Å². The van der Waals surface area contributed by atoms with Gasteiger partial charge in [0.1, 0.15) is 6.10 Å². The Hall–Kier alpha value is -1.92. The maximum atomic E-state index is 12.6. The highest BCUT2D eigenvalue weighted by Gasteiger charge is 2.35. The predicted octanol–water partition coefficient (Wildman–Crippen LogP) is 4.40. The van der Waals surface area contributed by atoms with Gasteiger partial charge in [0.25, 0.3) is 0 Å². The van der Waals surface area contributed by atoms with Crippen molar-refractivity contribution in [3.8, 4) is 0 Å². The lowest BCUT2D eigenvalue weighted by Gasteiger charge is -2.11. The van der Waals surface area contributed by atoms with E-state index in [0.29, 0.717) is 16.9 Å². The van der Waals surface area contributed by atoms with Gasteiger partial charge in [0.05, 0.1) is 4.88 Å². The van der Waals surface area contributed by atoms with Crippen LogP contribution in [0.2, 0.25) is 0 Å². The van der Waals surface area contributed by atoms with Crippen molar-refractivity contribution in [2.75, 3.05) is 0 Å². The average Bonchev–Trinajstić information content (AvgIpc) is 2.96. The number of hydrogen-bond acceptors (Lipinski definition) is 3. The molecule has 3 rings (SSSR count). The van der Waals surface area contributed by atoms with Gasteiger partial charge in [-0.25, -0.2) is 4.98 Å². The van der Waals surface area contributed by atoms with Crippen molar-refractivity contribution in [2.45, 2.75) is 12.3 Å². The Kier molecular flexibility index (Phi) is 3.43. The first-order valence-corrected chi connectivity index (χ1v) is 6.97. The third-order valence-corrected chi connectivity index (χ3v) is 4.25. The van der Waals surface area contributed by atoms with Crippen LogP contribution in [0.15, 0.2) is 48.7 Å². The van der Waals surface area contributed by atoms with Crippen molar-refractivity contribution in [1.82, 2.24) is 4.98 Å². The Morgan fingerprint density at radius 1 is 1.05 bits per heavy atom. The topological polar surface area (TPSA) is 33.1 Å². The fourth-order valence-electron chi connectivity index (χ4n) is 2.19. The zero-order chi connectivity index (χ0) is 15.0. The van der Waals surface area contributed by atoms with Crippen molar-refractivity contribution in [2.24, 2.45) is 0 Å². The molecule has 1 aromatic heterocycles. The largest absolute Gasteiger partial charge is 0.443 e. The molecular weight excluding hydrogens is 299 g/mol. The number of aromatic nitrogens is 1. The zero-order valence-electron chi connectivity index (χ0n) is 10.6. The number of hydrogen-bond donors (Lipinski definition) is 1. The van der Waals surface area contributed by atoms with Crippen LogP contribution in [0, 0.1) is 0 Å². The Morgan fingerprint density at radius 3 is 2.48 bits per heavy atom. The summed E-state index contributed by atoms with van der Waals surface area (Å²) in [6.45, 7) is 0. The minimum absolute atomic E-state index is 0.179. The summed E-state index contributed by atoms with van der Waals surface area (Å²) in [4.78, 5) is 3.53. The number of halogens is 3. The minimum atomic E-state index is -4.48. The van der Waals surface area contributed by atoms with Crippen LogP contribution in [0.5, 0.6) is 0 Å². The Balaban J connectivity index is 2.05. The van der Waals surface area contributed by atoms with Gasteiger partial charge >= 0.3 is 6.18 Å². The molecule has 0 fully saturated rings. The maximum absolute atomic E-state index is 12.6. The van der Waals surface area contributed by atoms with Gasteiger partial charge in [0, 0.05) is 6.20 Å². The maximum Gasteiger partial charge on any atom is 0.443 e. The highest BCUT2D eigenvalue weighted by atomic mass is 32.1. The predicted molar refractivity (Wildman–Crippen MR) is 75.1 cm³/mol. The van der Waals surface area contributed by atoms with Crippen LogP contribution in [-0.2, 0) is 6.18 Å². The standard InChI is InChI=1S/C15H10F3NOS/c16-15(17,18)14-19-8-12(21-14)13(20)11-7-3-5-9-4-1-2-6-10(9)11/h1-8,13,20H. The molecule has 1 heterocycles. The Morgan fingerprint density at radius 2 is 1.76 bits per heavy atom. The van der Waals surface area contributed by atoms with Crippen LogP contribution in [0.4, 0.5) is 13.2 Å². The summed E-state index contributed by atoms with van der Waals surface area (Å²) < 4.78 is 37.8. The number of fused-ring (bicyclic) bond motifs is 1. The van der Waals surface area contributed by atoms with Crippen LogP contribution >= 0.6 is 11.3 Å². The Labute approximate surface area is 122 Å². The third kappa shape index (κ3) is 2.64. The van der Waals surface area contributed by atoms with Gasteiger partial charge in [-0.15, -0.1) is 11.3 Å². The van der Waals surface area contributed by atoms with Gasteiger partial charge in [-0.3, -0.25) is 0 Å². The van der Waals surface area contributed by atoms with E-state index in [0.717, 1.165) is 17.0 Å². The molecular formula is C15H10F3NOS. The summed E-state index contributed by atoms with van der Waals surface area (Å²) in [6.07, 6.45) is -4.52. The fraction of sp³-hybridized carbons (Fsp3) is 0.133. The first-order valence-electron chi connectivity index (χ1n) is 6.15. The highest BCUT2D eigenvalue weighted by molar-refractivity contribution is 7.11. The zero-order valence-corrected chi connectivity index (χ0v) is 11.4. The second-order valence-corrected chi connectivity index (χ2v) is 5.60. The lowest BCUT2D eigenvalue weighted by atomic mass is 10.00. The molecule has 0 aliphatic heterocycles. The van der Waals surface area contributed by atoms with E-state index in [1.165, 1.54) is 0 Å². The molecule has 21 heavy (non-hydrogen) atoms. The number of aliphatic hydroxyl groups excluding tert-OH is 1. The minimum Gasteiger partial charge on any atom is -0.383 e. The highest BCUT2D eigenvalue weighted by Crippen LogP contribution is 2.37. The second kappa shape index (κ2) is 5.13. The lowest BCUT2D eigenvalue weighted by Crippen LogP contribution is -2.03. The van der Waals surface area contributed by atoms with Gasteiger partial charge in [0.15, 0.2) is 5.01 Å². The number of benzene rings is 2. The molecule has 0 saturated heterocycles. The van der Waals surface area contributed by atoms with Crippen molar-refractivity contribution >= 4 is 22.1 Å². The van der Waals surface area contributed by atoms with Crippen LogP contribution in [-0.4, -0.2) is 10.1 Å². The summed E-state index contributed by atoms with van der Waals surface area (Å²) in [6, 6.07) is 12.8. The van der Waals surface area contributed by atoms with E-state index >= 15 is 0 Å². The first kappa shape index (κ1) is 14.0. The molecule has 3 aromatic rings. The van der Waals surface area contributed by atoms with E-state index < -0.39 is 17.3 Å². The number of aliphatic hydroxyl groups is 1. The normalized spacial score (nSPS) is 13.5. The van der Waals surface area contributed by atoms with Crippen molar-refractivity contribution in [1.29, 1.82) is 0 Å². The Bertz CT molecular complexity index is 776. The quantitative estimate of drug-likeness (QED) is 0.761. The van der Waals surface area contributed by atoms with E-state index in [1.807, 2.05) is 30.3 Å². The molecule has 2 nitrogen and oxygen atoms in total. The summed E-state index contributed by atoms with van der Waals surface area (Å²) >= 11 is 0.465. The van der Waals surface area contributed by atoms with Crippen molar-refractivity contribution in [3.63, 3.8) is 0 Å². The summed E-state index contributed by atoms with van der Waals surface area (Å²) in [5, 5.41) is 11.2. The molecule has 0 amide bonds. The second-order valence-electron chi connectivity index (χ2n) is 4.54. The molecule has 0 bridgehead atoms. The number of rotatable bonds is 2. The smallest absolute Gasteiger partial charge is 0.383 e. The summed E-state index contributed by atoms with van der Waals surface area (Å²) in [5.41, 5.74) is 0.575. The van der Waals surface area contributed by atoms with Crippen LogP contribution in [0.1, 0.15) is 21.6 Å². The molecule has 6 heteroatoms. The molecule has 0 spiro atoms. The summed E-state index contributed by atoms with van der Waals surface area (Å²) in [5.74, 6) is 0. The fourth-order valence-corrected chi connectivity index (χ4v) is 2.97. The van der Waals surface area contributed by atoms with Crippen molar-refractivity contribution in [3.05, 3.63) is 64.1 Å². The van der Waals surface area contributed by atoms with Gasteiger partial charge in [-0.05, 0) is 16.3 Å². The average molecular weight is 309 g/mol. The van der Waals surface area contributed by atoms with Crippen molar-refractivity contribution < 1.29 is 18.3 Å². The number of nitrogens with zero attached hydrogens (tertiary/aromatic N) is 1.